The average molecular weight is 279 g/mol. The quantitative estimate of drug-likeness (QED) is 0.716. The van der Waals surface area contributed by atoms with Gasteiger partial charge in [0.25, 0.3) is 0 Å². The molecule has 0 aliphatic heterocycles. The monoisotopic (exact) mass is 279 g/mol. The summed E-state index contributed by atoms with van der Waals surface area (Å²) in [6, 6.07) is 9.36. The van der Waals surface area contributed by atoms with E-state index in [9.17, 15) is 9.90 Å². The predicted molar refractivity (Wildman–Crippen MR) is 79.3 cm³/mol. The molecular formula is C16H25NO3. The van der Waals surface area contributed by atoms with Gasteiger partial charge in [0.2, 0.25) is 5.91 Å². The number of benzene rings is 1. The van der Waals surface area contributed by atoms with Gasteiger partial charge >= 0.3 is 0 Å². The molecule has 0 spiro atoms. The van der Waals surface area contributed by atoms with E-state index in [1.807, 2.05) is 37.3 Å². The summed E-state index contributed by atoms with van der Waals surface area (Å²) in [6.07, 6.45) is 1.65. The van der Waals surface area contributed by atoms with Crippen LogP contribution in [0.2, 0.25) is 0 Å². The number of carbonyl (C=O) groups excluding carboxylic acids is 1. The van der Waals surface area contributed by atoms with E-state index in [4.69, 9.17) is 4.74 Å². The fraction of sp³-hybridized carbons (Fsp3) is 0.562. The van der Waals surface area contributed by atoms with Gasteiger partial charge in [-0.15, -0.1) is 0 Å². The molecule has 0 heterocycles. The van der Waals surface area contributed by atoms with Crippen molar-refractivity contribution >= 4 is 5.91 Å². The SMILES string of the molecule is COCCCC(C)C(=O)NCC(C)(O)c1ccccc1. The third-order valence-electron chi connectivity index (χ3n) is 3.44. The molecule has 0 aliphatic carbocycles. The van der Waals surface area contributed by atoms with Crippen molar-refractivity contribution in [3.63, 3.8) is 0 Å². The van der Waals surface area contributed by atoms with Crippen molar-refractivity contribution in [3.05, 3.63) is 35.9 Å². The summed E-state index contributed by atoms with van der Waals surface area (Å²) in [5, 5.41) is 13.2. The zero-order valence-electron chi connectivity index (χ0n) is 12.6. The Labute approximate surface area is 121 Å². The fourth-order valence-corrected chi connectivity index (χ4v) is 2.00. The number of amides is 1. The van der Waals surface area contributed by atoms with Crippen molar-refractivity contribution in [2.75, 3.05) is 20.3 Å². The van der Waals surface area contributed by atoms with Gasteiger partial charge in [-0.1, -0.05) is 37.3 Å². The number of rotatable bonds is 8. The van der Waals surface area contributed by atoms with E-state index in [1.165, 1.54) is 0 Å². The first-order chi connectivity index (χ1) is 9.47. The number of methoxy groups -OCH3 is 1. The Hall–Kier alpha value is -1.39. The second kappa shape index (κ2) is 8.02. The van der Waals surface area contributed by atoms with Crippen LogP contribution in [-0.4, -0.2) is 31.3 Å². The summed E-state index contributed by atoms with van der Waals surface area (Å²) in [6.45, 7) is 4.48. The van der Waals surface area contributed by atoms with Gasteiger partial charge in [-0.05, 0) is 25.3 Å². The van der Waals surface area contributed by atoms with Gasteiger partial charge < -0.3 is 15.2 Å². The molecule has 0 bridgehead atoms. The zero-order chi connectivity index (χ0) is 15.0. The Morgan fingerprint density at radius 2 is 2.05 bits per heavy atom. The molecule has 0 radical (unpaired) electrons. The Morgan fingerprint density at radius 1 is 1.40 bits per heavy atom. The minimum absolute atomic E-state index is 0.0303. The molecule has 4 heteroatoms. The summed E-state index contributed by atoms with van der Waals surface area (Å²) in [5.41, 5.74) is -0.254. The van der Waals surface area contributed by atoms with Crippen molar-refractivity contribution in [2.45, 2.75) is 32.3 Å². The molecule has 1 amide bonds. The molecule has 0 saturated heterocycles. The van der Waals surface area contributed by atoms with E-state index in [2.05, 4.69) is 5.32 Å². The maximum atomic E-state index is 12.0. The van der Waals surface area contributed by atoms with Gasteiger partial charge in [0.05, 0.1) is 6.54 Å². The Morgan fingerprint density at radius 3 is 2.65 bits per heavy atom. The number of nitrogens with one attached hydrogen (secondary N) is 1. The number of ether oxygens (including phenoxy) is 1. The predicted octanol–water partition coefficient (Wildman–Crippen LogP) is 2.07. The zero-order valence-corrected chi connectivity index (χ0v) is 12.6. The van der Waals surface area contributed by atoms with E-state index >= 15 is 0 Å². The lowest BCUT2D eigenvalue weighted by Gasteiger charge is -2.25. The lowest BCUT2D eigenvalue weighted by molar-refractivity contribution is -0.126. The van der Waals surface area contributed by atoms with Crippen LogP contribution in [-0.2, 0) is 15.1 Å². The van der Waals surface area contributed by atoms with Crippen molar-refractivity contribution < 1.29 is 14.6 Å². The molecule has 2 N–H and O–H groups in total. The van der Waals surface area contributed by atoms with Crippen LogP contribution in [0, 0.1) is 5.92 Å². The van der Waals surface area contributed by atoms with Gasteiger partial charge in [-0.2, -0.15) is 0 Å². The molecule has 0 aliphatic rings. The average Bonchev–Trinajstić information content (AvgIpc) is 2.46. The van der Waals surface area contributed by atoms with Crippen LogP contribution in [0.5, 0.6) is 0 Å². The van der Waals surface area contributed by atoms with E-state index < -0.39 is 5.60 Å². The molecule has 20 heavy (non-hydrogen) atoms. The third-order valence-corrected chi connectivity index (χ3v) is 3.44. The smallest absolute Gasteiger partial charge is 0.222 e. The standard InChI is InChI=1S/C16H25NO3/c1-13(8-7-11-20-3)15(18)17-12-16(2,19)14-9-5-4-6-10-14/h4-6,9-10,13,19H,7-8,11-12H2,1-3H3,(H,17,18). The highest BCUT2D eigenvalue weighted by atomic mass is 16.5. The van der Waals surface area contributed by atoms with Crippen LogP contribution in [0.1, 0.15) is 32.3 Å². The molecule has 0 saturated carbocycles. The highest BCUT2D eigenvalue weighted by Crippen LogP contribution is 2.19. The van der Waals surface area contributed by atoms with Crippen LogP contribution < -0.4 is 5.32 Å². The summed E-state index contributed by atoms with van der Waals surface area (Å²) in [4.78, 5) is 12.0. The number of hydrogen-bond donors (Lipinski definition) is 2. The van der Waals surface area contributed by atoms with Crippen LogP contribution in [0.3, 0.4) is 0 Å². The lowest BCUT2D eigenvalue weighted by Crippen LogP contribution is -2.40. The normalized spacial score (nSPS) is 15.4. The minimum atomic E-state index is -1.05. The molecule has 112 valence electrons. The second-order valence-corrected chi connectivity index (χ2v) is 5.39. The van der Waals surface area contributed by atoms with Crippen LogP contribution in [0.4, 0.5) is 0 Å². The summed E-state index contributed by atoms with van der Waals surface area (Å²) in [5.74, 6) is -0.103. The van der Waals surface area contributed by atoms with Crippen molar-refractivity contribution in [2.24, 2.45) is 5.92 Å². The Bertz CT molecular complexity index is 403. The largest absolute Gasteiger partial charge is 0.385 e. The van der Waals surface area contributed by atoms with Crippen molar-refractivity contribution in [1.82, 2.24) is 5.32 Å². The second-order valence-electron chi connectivity index (χ2n) is 5.39. The number of hydrogen-bond acceptors (Lipinski definition) is 3. The van der Waals surface area contributed by atoms with E-state index in [-0.39, 0.29) is 18.4 Å². The molecule has 1 aromatic carbocycles. The highest BCUT2D eigenvalue weighted by Gasteiger charge is 2.24. The van der Waals surface area contributed by atoms with Crippen molar-refractivity contribution in [3.8, 4) is 0 Å². The van der Waals surface area contributed by atoms with Gasteiger partial charge in [0, 0.05) is 19.6 Å². The van der Waals surface area contributed by atoms with Gasteiger partial charge in [-0.25, -0.2) is 0 Å². The summed E-state index contributed by atoms with van der Waals surface area (Å²) < 4.78 is 4.97. The maximum Gasteiger partial charge on any atom is 0.222 e. The first-order valence-electron chi connectivity index (χ1n) is 7.02. The molecule has 1 rings (SSSR count). The Kier molecular flexibility index (Phi) is 6.68. The molecule has 1 aromatic rings. The van der Waals surface area contributed by atoms with Crippen LogP contribution >= 0.6 is 0 Å². The topological polar surface area (TPSA) is 58.6 Å². The third kappa shape index (κ3) is 5.31. The molecule has 2 atom stereocenters. The van der Waals surface area contributed by atoms with Gasteiger partial charge in [-0.3, -0.25) is 4.79 Å². The molecular weight excluding hydrogens is 254 g/mol. The lowest BCUT2D eigenvalue weighted by atomic mass is 9.95. The van der Waals surface area contributed by atoms with Gasteiger partial charge in [0.15, 0.2) is 0 Å². The fourth-order valence-electron chi connectivity index (χ4n) is 2.00. The van der Waals surface area contributed by atoms with E-state index in [1.54, 1.807) is 14.0 Å². The minimum Gasteiger partial charge on any atom is -0.385 e. The molecule has 4 nitrogen and oxygen atoms in total. The Balaban J connectivity index is 2.43. The molecule has 0 fully saturated rings. The van der Waals surface area contributed by atoms with Crippen molar-refractivity contribution in [1.29, 1.82) is 0 Å². The van der Waals surface area contributed by atoms with Crippen LogP contribution in [0.15, 0.2) is 30.3 Å². The number of carbonyl (C=O) groups is 1. The van der Waals surface area contributed by atoms with E-state index in [0.717, 1.165) is 18.4 Å². The first kappa shape index (κ1) is 16.7. The molecule has 2 unspecified atom stereocenters. The van der Waals surface area contributed by atoms with Crippen LogP contribution in [0.25, 0.3) is 0 Å². The maximum absolute atomic E-state index is 12.0. The highest BCUT2D eigenvalue weighted by molar-refractivity contribution is 5.78. The van der Waals surface area contributed by atoms with Gasteiger partial charge in [0.1, 0.15) is 5.60 Å². The summed E-state index contributed by atoms with van der Waals surface area (Å²) >= 11 is 0. The first-order valence-corrected chi connectivity index (χ1v) is 7.02. The van der Waals surface area contributed by atoms with E-state index in [0.29, 0.717) is 6.61 Å². The molecule has 0 aromatic heterocycles. The summed E-state index contributed by atoms with van der Waals surface area (Å²) in [7, 11) is 1.65. The number of aliphatic hydroxyl groups is 1.